The van der Waals surface area contributed by atoms with Gasteiger partial charge in [0.1, 0.15) is 11.5 Å². The average Bonchev–Trinajstić information content (AvgIpc) is 2.43. The predicted molar refractivity (Wildman–Crippen MR) is 84.4 cm³/mol. The summed E-state index contributed by atoms with van der Waals surface area (Å²) in [5.41, 5.74) is 1.64. The summed E-state index contributed by atoms with van der Waals surface area (Å²) in [6.07, 6.45) is 2.53. The number of carboxylic acids is 1. The quantitative estimate of drug-likeness (QED) is 0.787. The number of hydrogen-bond acceptors (Lipinski definition) is 2. The number of carbonyl (C=O) groups is 1. The molecule has 0 saturated carbocycles. The molecule has 0 aliphatic rings. The van der Waals surface area contributed by atoms with E-state index in [4.69, 9.17) is 33.0 Å². The van der Waals surface area contributed by atoms with Crippen LogP contribution in [0.25, 0.3) is 6.08 Å². The Balaban J connectivity index is 2.39. The molecule has 2 aromatic rings. The van der Waals surface area contributed by atoms with E-state index in [-0.39, 0.29) is 0 Å². The lowest BCUT2D eigenvalue weighted by atomic mass is 10.1. The van der Waals surface area contributed by atoms with Crippen molar-refractivity contribution in [1.29, 1.82) is 0 Å². The molecule has 0 bridgehead atoms. The number of aliphatic carboxylic acids is 1. The van der Waals surface area contributed by atoms with Gasteiger partial charge in [0.25, 0.3) is 0 Å². The molecule has 0 fully saturated rings. The summed E-state index contributed by atoms with van der Waals surface area (Å²) in [5.74, 6) is -0.108. The van der Waals surface area contributed by atoms with Gasteiger partial charge in [-0.1, -0.05) is 34.8 Å². The van der Waals surface area contributed by atoms with E-state index in [1.165, 1.54) is 6.08 Å². The van der Waals surface area contributed by atoms with E-state index in [1.807, 2.05) is 19.1 Å². The molecule has 0 unspecified atom stereocenters. The van der Waals surface area contributed by atoms with Crippen molar-refractivity contribution in [1.82, 2.24) is 0 Å². The van der Waals surface area contributed by atoms with Crippen LogP contribution in [0.3, 0.4) is 0 Å². The third-order valence-electron chi connectivity index (χ3n) is 2.68. The van der Waals surface area contributed by atoms with Crippen molar-refractivity contribution in [2.24, 2.45) is 0 Å². The summed E-state index contributed by atoms with van der Waals surface area (Å²) in [4.78, 5) is 10.7. The second kappa shape index (κ2) is 6.66. The van der Waals surface area contributed by atoms with Gasteiger partial charge in [0.05, 0.1) is 5.02 Å². The van der Waals surface area contributed by atoms with E-state index in [1.54, 1.807) is 24.3 Å². The molecule has 108 valence electrons. The summed E-state index contributed by atoms with van der Waals surface area (Å²) < 4.78 is 5.75. The molecule has 2 aromatic carbocycles. The number of benzene rings is 2. The van der Waals surface area contributed by atoms with Gasteiger partial charge in [0.2, 0.25) is 0 Å². The molecule has 5 heteroatoms. The topological polar surface area (TPSA) is 46.5 Å². The molecule has 3 nitrogen and oxygen atoms in total. The molecule has 0 amide bonds. The Hall–Kier alpha value is -1.97. The summed E-state index contributed by atoms with van der Waals surface area (Å²) in [6.45, 7) is 1.91. The molecule has 2 rings (SSSR count). The number of halogens is 2. The van der Waals surface area contributed by atoms with Crippen LogP contribution in [0.1, 0.15) is 11.1 Å². The molecule has 0 atom stereocenters. The number of ether oxygens (including phenoxy) is 1. The largest absolute Gasteiger partial charge is 0.478 e. The fourth-order valence-electron chi connectivity index (χ4n) is 1.73. The molecule has 0 heterocycles. The van der Waals surface area contributed by atoms with Gasteiger partial charge in [0.15, 0.2) is 0 Å². The Morgan fingerprint density at radius 3 is 2.62 bits per heavy atom. The predicted octanol–water partition coefficient (Wildman–Crippen LogP) is 5.19. The lowest BCUT2D eigenvalue weighted by Gasteiger charge is -2.11. The van der Waals surface area contributed by atoms with Gasteiger partial charge in [-0.3, -0.25) is 0 Å². The number of aryl methyl sites for hydroxylation is 1. The van der Waals surface area contributed by atoms with Crippen LogP contribution >= 0.6 is 23.2 Å². The summed E-state index contributed by atoms with van der Waals surface area (Å²) in [6, 6.07) is 10.4. The fourth-order valence-corrected chi connectivity index (χ4v) is 2.04. The zero-order valence-electron chi connectivity index (χ0n) is 11.1. The van der Waals surface area contributed by atoms with Gasteiger partial charge in [0, 0.05) is 22.7 Å². The van der Waals surface area contributed by atoms with E-state index in [0.29, 0.717) is 27.1 Å². The van der Waals surface area contributed by atoms with Crippen molar-refractivity contribution >= 4 is 35.2 Å². The lowest BCUT2D eigenvalue weighted by Crippen LogP contribution is -1.91. The first-order chi connectivity index (χ1) is 9.95. The molecule has 0 radical (unpaired) electrons. The van der Waals surface area contributed by atoms with Crippen LogP contribution in [-0.4, -0.2) is 11.1 Å². The van der Waals surface area contributed by atoms with Crippen LogP contribution in [-0.2, 0) is 4.79 Å². The van der Waals surface area contributed by atoms with E-state index >= 15 is 0 Å². The third kappa shape index (κ3) is 4.25. The first-order valence-corrected chi connectivity index (χ1v) is 6.86. The second-order valence-electron chi connectivity index (χ2n) is 4.39. The van der Waals surface area contributed by atoms with Crippen molar-refractivity contribution in [3.05, 3.63) is 63.6 Å². The second-order valence-corrected chi connectivity index (χ2v) is 5.23. The van der Waals surface area contributed by atoms with Crippen LogP contribution in [0.15, 0.2) is 42.5 Å². The Kier molecular flexibility index (Phi) is 4.89. The minimum atomic E-state index is -1.02. The highest BCUT2D eigenvalue weighted by Crippen LogP contribution is 2.34. The molecule has 21 heavy (non-hydrogen) atoms. The summed E-state index contributed by atoms with van der Waals surface area (Å²) >= 11 is 12.0. The number of carboxylic acid groups (broad SMARTS) is 1. The Morgan fingerprint density at radius 2 is 1.90 bits per heavy atom. The van der Waals surface area contributed by atoms with Crippen LogP contribution in [0.2, 0.25) is 10.0 Å². The SMILES string of the molecule is Cc1ccc(Oc2cc(Cl)ccc2Cl)c(/C=C/C(=O)O)c1. The highest BCUT2D eigenvalue weighted by Gasteiger charge is 2.08. The standard InChI is InChI=1S/C16H12Cl2O3/c1-10-2-6-14(11(8-10)3-7-16(19)20)21-15-9-12(17)4-5-13(15)18/h2-9H,1H3,(H,19,20)/b7-3+. The molecule has 0 saturated heterocycles. The number of rotatable bonds is 4. The van der Waals surface area contributed by atoms with Gasteiger partial charge in [-0.05, 0) is 37.3 Å². The zero-order valence-corrected chi connectivity index (χ0v) is 12.7. The first-order valence-electron chi connectivity index (χ1n) is 6.10. The van der Waals surface area contributed by atoms with E-state index < -0.39 is 5.97 Å². The molecule has 0 aromatic heterocycles. The van der Waals surface area contributed by atoms with Gasteiger partial charge < -0.3 is 9.84 Å². The van der Waals surface area contributed by atoms with E-state index in [9.17, 15) is 4.79 Å². The van der Waals surface area contributed by atoms with E-state index in [0.717, 1.165) is 11.6 Å². The van der Waals surface area contributed by atoms with Gasteiger partial charge in [-0.25, -0.2) is 4.79 Å². The Morgan fingerprint density at radius 1 is 1.14 bits per heavy atom. The minimum Gasteiger partial charge on any atom is -0.478 e. The maximum Gasteiger partial charge on any atom is 0.328 e. The van der Waals surface area contributed by atoms with Gasteiger partial charge in [-0.15, -0.1) is 0 Å². The average molecular weight is 323 g/mol. The molecule has 0 aliphatic carbocycles. The zero-order chi connectivity index (χ0) is 15.4. The van der Waals surface area contributed by atoms with Crippen molar-refractivity contribution in [3.63, 3.8) is 0 Å². The minimum absolute atomic E-state index is 0.415. The highest BCUT2D eigenvalue weighted by atomic mass is 35.5. The molecule has 1 N–H and O–H groups in total. The molecule has 0 spiro atoms. The molecule has 0 aliphatic heterocycles. The molecular formula is C16H12Cl2O3. The first kappa shape index (κ1) is 15.4. The van der Waals surface area contributed by atoms with Crippen molar-refractivity contribution in [3.8, 4) is 11.5 Å². The highest BCUT2D eigenvalue weighted by molar-refractivity contribution is 6.34. The third-order valence-corrected chi connectivity index (χ3v) is 3.23. The number of hydrogen-bond donors (Lipinski definition) is 1. The maximum atomic E-state index is 10.7. The smallest absolute Gasteiger partial charge is 0.328 e. The monoisotopic (exact) mass is 322 g/mol. The normalized spacial score (nSPS) is 10.8. The van der Waals surface area contributed by atoms with Gasteiger partial charge in [-0.2, -0.15) is 0 Å². The molecular weight excluding hydrogens is 311 g/mol. The van der Waals surface area contributed by atoms with E-state index in [2.05, 4.69) is 0 Å². The van der Waals surface area contributed by atoms with Crippen molar-refractivity contribution < 1.29 is 14.6 Å². The Labute approximate surface area is 132 Å². The fraction of sp³-hybridized carbons (Fsp3) is 0.0625. The van der Waals surface area contributed by atoms with Crippen LogP contribution in [0.5, 0.6) is 11.5 Å². The Bertz CT molecular complexity index is 709. The van der Waals surface area contributed by atoms with Crippen molar-refractivity contribution in [2.75, 3.05) is 0 Å². The summed E-state index contributed by atoms with van der Waals surface area (Å²) in [7, 11) is 0. The maximum absolute atomic E-state index is 10.7. The van der Waals surface area contributed by atoms with Crippen LogP contribution < -0.4 is 4.74 Å². The lowest BCUT2D eigenvalue weighted by molar-refractivity contribution is -0.131. The van der Waals surface area contributed by atoms with Crippen LogP contribution in [0.4, 0.5) is 0 Å². The van der Waals surface area contributed by atoms with Crippen LogP contribution in [0, 0.1) is 6.92 Å². The van der Waals surface area contributed by atoms with Crippen molar-refractivity contribution in [2.45, 2.75) is 6.92 Å². The summed E-state index contributed by atoms with van der Waals surface area (Å²) in [5, 5.41) is 9.67. The van der Waals surface area contributed by atoms with Gasteiger partial charge >= 0.3 is 5.97 Å².